The van der Waals surface area contributed by atoms with Crippen molar-refractivity contribution >= 4 is 64.8 Å². The summed E-state index contributed by atoms with van der Waals surface area (Å²) in [6, 6.07) is 0. The molecule has 1 aliphatic rings. The Bertz CT molecular complexity index is 1000. The number of ether oxygens (including phenoxy) is 1. The predicted octanol–water partition coefficient (Wildman–Crippen LogP) is -2.42. The van der Waals surface area contributed by atoms with Gasteiger partial charge in [0.25, 0.3) is 0 Å². The first-order chi connectivity index (χ1) is 12.5. The molecule has 0 aliphatic carbocycles. The molecule has 0 aromatic carbocycles. The van der Waals surface area contributed by atoms with Crippen molar-refractivity contribution in [3.8, 4) is 0 Å². The van der Waals surface area contributed by atoms with Crippen molar-refractivity contribution in [2.75, 3.05) is 12.3 Å². The van der Waals surface area contributed by atoms with Crippen LogP contribution in [0.3, 0.4) is 0 Å². The Balaban J connectivity index is 0.00000280. The van der Waals surface area contributed by atoms with Crippen LogP contribution in [0, 0.1) is 0 Å². The van der Waals surface area contributed by atoms with Crippen LogP contribution in [0.1, 0.15) is 6.23 Å². The Kier molecular flexibility index (Phi) is 7.18. The van der Waals surface area contributed by atoms with Gasteiger partial charge in [0.1, 0.15) is 30.2 Å². The monoisotopic (exact) mass is 450 g/mol. The SMILES string of the molecule is Nc1ncnc2c1ncn2[C@@H]1O[C@H](COP(=O)(O)OS(=O)(=O)O)[C@@H](O)[C@H]1O.[Na]. The van der Waals surface area contributed by atoms with Gasteiger partial charge in [-0.3, -0.25) is 13.6 Å². The van der Waals surface area contributed by atoms with Gasteiger partial charge in [0.15, 0.2) is 17.7 Å². The molecule has 3 heterocycles. The third kappa shape index (κ3) is 5.05. The Hall–Kier alpha value is -0.750. The number of phosphoric ester groups is 1. The summed E-state index contributed by atoms with van der Waals surface area (Å²) in [6.07, 6.45) is -3.29. The number of nitrogens with two attached hydrogens (primary N) is 1. The van der Waals surface area contributed by atoms with Crippen molar-refractivity contribution in [2.45, 2.75) is 24.5 Å². The Morgan fingerprint density at radius 2 is 1.96 bits per heavy atom. The number of nitrogen functional groups attached to an aromatic ring is 1. The molecule has 18 heteroatoms. The minimum Gasteiger partial charge on any atom is -0.387 e. The number of rotatable bonds is 6. The van der Waals surface area contributed by atoms with Crippen molar-refractivity contribution in [1.29, 1.82) is 0 Å². The largest absolute Gasteiger partial charge is 0.488 e. The van der Waals surface area contributed by atoms with E-state index in [4.69, 9.17) is 15.0 Å². The normalized spacial score (nSPS) is 27.4. The van der Waals surface area contributed by atoms with E-state index in [1.807, 2.05) is 0 Å². The molecular formula is C10H14N5NaO10PS. The second-order valence-corrected chi connectivity index (χ2v) is 8.04. The van der Waals surface area contributed by atoms with Crippen LogP contribution < -0.4 is 5.73 Å². The summed E-state index contributed by atoms with van der Waals surface area (Å²) in [7, 11) is -10.5. The quantitative estimate of drug-likeness (QED) is 0.175. The maximum atomic E-state index is 11.4. The minimum atomic E-state index is -5.26. The van der Waals surface area contributed by atoms with Crippen molar-refractivity contribution in [1.82, 2.24) is 19.5 Å². The van der Waals surface area contributed by atoms with Gasteiger partial charge in [0.05, 0.1) is 12.9 Å². The number of nitrogens with zero attached hydrogens (tertiary/aromatic N) is 4. The van der Waals surface area contributed by atoms with Gasteiger partial charge in [0.2, 0.25) is 0 Å². The van der Waals surface area contributed by atoms with Gasteiger partial charge in [0, 0.05) is 29.6 Å². The summed E-state index contributed by atoms with van der Waals surface area (Å²) in [6.45, 7) is -0.845. The molecule has 28 heavy (non-hydrogen) atoms. The minimum absolute atomic E-state index is 0. The van der Waals surface area contributed by atoms with Crippen LogP contribution in [-0.4, -0.2) is 102 Å². The second-order valence-electron chi connectivity index (χ2n) is 5.40. The number of aliphatic hydroxyl groups is 2. The van der Waals surface area contributed by atoms with Crippen molar-refractivity contribution < 1.29 is 45.9 Å². The van der Waals surface area contributed by atoms with Crippen LogP contribution in [0.5, 0.6) is 0 Å². The van der Waals surface area contributed by atoms with Crippen LogP contribution in [0.2, 0.25) is 0 Å². The molecule has 2 aromatic rings. The summed E-state index contributed by atoms with van der Waals surface area (Å²) < 4.78 is 55.3. The molecule has 0 bridgehead atoms. The van der Waals surface area contributed by atoms with E-state index in [-0.39, 0.29) is 46.5 Å². The van der Waals surface area contributed by atoms with Crippen molar-refractivity contribution in [2.24, 2.45) is 0 Å². The summed E-state index contributed by atoms with van der Waals surface area (Å²) in [5.74, 6) is 0.0789. The van der Waals surface area contributed by atoms with Gasteiger partial charge in [-0.2, -0.15) is 8.42 Å². The Labute approximate surface area is 179 Å². The van der Waals surface area contributed by atoms with Crippen LogP contribution in [0.15, 0.2) is 12.7 Å². The molecule has 1 unspecified atom stereocenters. The van der Waals surface area contributed by atoms with Crippen LogP contribution in [-0.2, 0) is 28.2 Å². The molecule has 6 N–H and O–H groups in total. The Morgan fingerprint density at radius 3 is 2.61 bits per heavy atom. The summed E-state index contributed by atoms with van der Waals surface area (Å²) in [5.41, 5.74) is 6.08. The second kappa shape index (κ2) is 8.55. The van der Waals surface area contributed by atoms with Crippen LogP contribution in [0.25, 0.3) is 11.2 Å². The summed E-state index contributed by atoms with van der Waals surface area (Å²) in [5, 5.41) is 20.2. The number of aromatic nitrogens is 4. The van der Waals surface area contributed by atoms with E-state index in [9.17, 15) is 28.1 Å². The van der Waals surface area contributed by atoms with Gasteiger partial charge >= 0.3 is 18.2 Å². The fraction of sp³-hybridized carbons (Fsp3) is 0.500. The maximum absolute atomic E-state index is 11.4. The number of phosphoric acid groups is 1. The van der Waals surface area contributed by atoms with E-state index in [0.29, 0.717) is 0 Å². The molecule has 15 nitrogen and oxygen atoms in total. The molecule has 1 aliphatic heterocycles. The van der Waals surface area contributed by atoms with Gasteiger partial charge in [-0.05, 0) is 0 Å². The Morgan fingerprint density at radius 1 is 1.29 bits per heavy atom. The van der Waals surface area contributed by atoms with E-state index in [2.05, 4.69) is 23.4 Å². The number of hydrogen-bond donors (Lipinski definition) is 5. The summed E-state index contributed by atoms with van der Waals surface area (Å²) >= 11 is 0. The van der Waals surface area contributed by atoms with E-state index < -0.39 is 49.4 Å². The fourth-order valence-electron chi connectivity index (χ4n) is 2.46. The van der Waals surface area contributed by atoms with E-state index >= 15 is 0 Å². The number of hydrogen-bond acceptors (Lipinski definition) is 12. The third-order valence-corrected chi connectivity index (χ3v) is 5.57. The standard InChI is InChI=1S/C10H14N5O10PS.Na/c11-8-5-9(13-2-12-8)15(3-14-5)10-7(17)6(16)4(24-10)1-23-26(18,19)25-27(20,21)22;/h2-4,6-7,10,16-17H,1H2,(H,18,19)(H2,11,12,13)(H,20,21,22);/t4-,6-,7-,10-;/m1./s1. The zero-order chi connectivity index (χ0) is 20.0. The number of anilines is 1. The van der Waals surface area contributed by atoms with Gasteiger partial charge in [-0.25, -0.2) is 19.5 Å². The van der Waals surface area contributed by atoms with E-state index in [1.54, 1.807) is 0 Å². The first-order valence-corrected chi connectivity index (χ1v) is 9.95. The molecule has 0 spiro atoms. The number of fused-ring (bicyclic) bond motifs is 1. The third-order valence-electron chi connectivity index (χ3n) is 3.59. The predicted molar refractivity (Wildman–Crippen MR) is 89.8 cm³/mol. The van der Waals surface area contributed by atoms with Crippen molar-refractivity contribution in [3.63, 3.8) is 0 Å². The van der Waals surface area contributed by atoms with Gasteiger partial charge in [-0.15, -0.1) is 3.97 Å². The zero-order valence-electron chi connectivity index (χ0n) is 14.1. The number of imidazole rings is 1. The fourth-order valence-corrected chi connectivity index (χ4v) is 3.92. The average Bonchev–Trinajstić information content (AvgIpc) is 3.07. The zero-order valence-corrected chi connectivity index (χ0v) is 17.8. The van der Waals surface area contributed by atoms with E-state index in [0.717, 1.165) is 6.33 Å². The first kappa shape index (κ1) is 23.5. The first-order valence-electron chi connectivity index (χ1n) is 7.09. The molecule has 1 radical (unpaired) electrons. The van der Waals surface area contributed by atoms with Crippen LogP contribution in [0.4, 0.5) is 5.82 Å². The smallest absolute Gasteiger partial charge is 0.387 e. The van der Waals surface area contributed by atoms with Gasteiger partial charge < -0.3 is 25.6 Å². The molecular weight excluding hydrogens is 436 g/mol. The molecule has 151 valence electrons. The molecule has 2 aromatic heterocycles. The molecule has 0 amide bonds. The summed E-state index contributed by atoms with van der Waals surface area (Å²) in [4.78, 5) is 20.9. The molecule has 1 saturated heterocycles. The molecule has 3 rings (SSSR count). The topological polar surface area (TPSA) is 229 Å². The van der Waals surface area contributed by atoms with E-state index in [1.165, 1.54) is 10.9 Å². The van der Waals surface area contributed by atoms with Crippen LogP contribution >= 0.6 is 7.82 Å². The molecule has 5 atom stereocenters. The van der Waals surface area contributed by atoms with Gasteiger partial charge in [-0.1, -0.05) is 0 Å². The maximum Gasteiger partial charge on any atom is 0.488 e. The van der Waals surface area contributed by atoms with Crippen molar-refractivity contribution in [3.05, 3.63) is 12.7 Å². The molecule has 0 saturated carbocycles. The average molecular weight is 450 g/mol. The molecule has 1 fully saturated rings. The number of aliphatic hydroxyl groups excluding tert-OH is 2.